The smallest absolute Gasteiger partial charge is 0.150 e. The molecule has 2 heteroatoms. The van der Waals surface area contributed by atoms with Gasteiger partial charge in [-0.3, -0.25) is 4.79 Å². The molecule has 0 bridgehead atoms. The fraction of sp³-hybridized carbons (Fsp3) is 0. The Morgan fingerprint density at radius 2 is 0.623 bits per heavy atom. The van der Waals surface area contributed by atoms with Gasteiger partial charge >= 0.3 is 0 Å². The van der Waals surface area contributed by atoms with E-state index < -0.39 is 0 Å². The molecule has 0 saturated carbocycles. The van der Waals surface area contributed by atoms with Gasteiger partial charge in [-0.05, 0) is 93.1 Å². The predicted molar refractivity (Wildman–Crippen MR) is 225 cm³/mol. The molecule has 0 fully saturated rings. The third kappa shape index (κ3) is 8.83. The van der Waals surface area contributed by atoms with E-state index in [0.29, 0.717) is 5.56 Å². The molecule has 7 rings (SSSR count). The van der Waals surface area contributed by atoms with Crippen LogP contribution in [0.2, 0.25) is 0 Å². The van der Waals surface area contributed by atoms with Gasteiger partial charge < -0.3 is 4.90 Å². The summed E-state index contributed by atoms with van der Waals surface area (Å²) in [7, 11) is 0. The summed E-state index contributed by atoms with van der Waals surface area (Å²) < 4.78 is 0. The van der Waals surface area contributed by atoms with Crippen molar-refractivity contribution >= 4 is 46.6 Å². The summed E-state index contributed by atoms with van der Waals surface area (Å²) in [5.41, 5.74) is 12.9. The fourth-order valence-corrected chi connectivity index (χ4v) is 6.32. The summed E-state index contributed by atoms with van der Waals surface area (Å²) in [6.45, 7) is 0. The Morgan fingerprint density at radius 1 is 0.340 bits per heavy atom. The highest BCUT2D eigenvalue weighted by atomic mass is 16.1. The Labute approximate surface area is 312 Å². The molecule has 0 spiro atoms. The van der Waals surface area contributed by atoms with E-state index >= 15 is 0 Å². The molecule has 7 aromatic carbocycles. The van der Waals surface area contributed by atoms with Gasteiger partial charge in [0.25, 0.3) is 0 Å². The van der Waals surface area contributed by atoms with Crippen molar-refractivity contribution in [3.05, 3.63) is 257 Å². The number of hydrogen-bond acceptors (Lipinski definition) is 2. The molecule has 0 unspecified atom stereocenters. The van der Waals surface area contributed by atoms with Crippen LogP contribution in [0.3, 0.4) is 0 Å². The maximum Gasteiger partial charge on any atom is 0.150 e. The SMILES string of the molecule is O=Cc1ccc(N(c2ccc(C=CC=C(c3ccccc3)c3ccccc3)cc2)c2ccc(C=CC=C(c3ccccc3)c3ccccc3)cc2)cc1. The van der Waals surface area contributed by atoms with Crippen LogP contribution in [0, 0.1) is 0 Å². The molecule has 0 aliphatic carbocycles. The van der Waals surface area contributed by atoms with E-state index in [1.807, 2.05) is 48.5 Å². The zero-order chi connectivity index (χ0) is 36.1. The monoisotopic (exact) mass is 681 g/mol. The molecule has 0 amide bonds. The Balaban J connectivity index is 1.15. The first-order valence-electron chi connectivity index (χ1n) is 17.8. The Hall–Kier alpha value is -7.03. The van der Waals surface area contributed by atoms with E-state index in [1.54, 1.807) is 0 Å². The van der Waals surface area contributed by atoms with Gasteiger partial charge in [0.2, 0.25) is 0 Å². The van der Waals surface area contributed by atoms with E-state index in [9.17, 15) is 4.79 Å². The van der Waals surface area contributed by atoms with Crippen LogP contribution < -0.4 is 4.90 Å². The first-order valence-corrected chi connectivity index (χ1v) is 17.8. The van der Waals surface area contributed by atoms with Crippen LogP contribution in [-0.2, 0) is 0 Å². The average Bonchev–Trinajstić information content (AvgIpc) is 3.24. The van der Waals surface area contributed by atoms with Crippen molar-refractivity contribution < 1.29 is 4.79 Å². The zero-order valence-corrected chi connectivity index (χ0v) is 29.4. The first kappa shape index (κ1) is 34.4. The number of hydrogen-bond donors (Lipinski definition) is 0. The van der Waals surface area contributed by atoms with Crippen LogP contribution in [0.4, 0.5) is 17.1 Å². The second kappa shape index (κ2) is 17.3. The Bertz CT molecular complexity index is 2110. The molecule has 53 heavy (non-hydrogen) atoms. The normalized spacial score (nSPS) is 10.9. The van der Waals surface area contributed by atoms with Crippen LogP contribution in [0.25, 0.3) is 23.3 Å². The molecule has 254 valence electrons. The minimum atomic E-state index is 0.645. The molecule has 0 N–H and O–H groups in total. The lowest BCUT2D eigenvalue weighted by atomic mass is 9.97. The summed E-state index contributed by atoms with van der Waals surface area (Å²) in [6, 6.07) is 66.7. The molecule has 0 saturated heterocycles. The lowest BCUT2D eigenvalue weighted by Crippen LogP contribution is -2.10. The van der Waals surface area contributed by atoms with Crippen molar-refractivity contribution in [1.82, 2.24) is 0 Å². The number of aldehydes is 1. The Morgan fingerprint density at radius 3 is 0.906 bits per heavy atom. The van der Waals surface area contributed by atoms with Crippen molar-refractivity contribution in [2.75, 3.05) is 4.90 Å². The molecule has 0 atom stereocenters. The summed E-state index contributed by atoms with van der Waals surface area (Å²) in [6.07, 6.45) is 13.7. The van der Waals surface area contributed by atoms with Crippen molar-refractivity contribution in [2.45, 2.75) is 0 Å². The van der Waals surface area contributed by atoms with E-state index in [0.717, 1.165) is 34.5 Å². The van der Waals surface area contributed by atoms with Gasteiger partial charge in [0.05, 0.1) is 0 Å². The van der Waals surface area contributed by atoms with E-state index in [-0.39, 0.29) is 0 Å². The summed E-state index contributed by atoms with van der Waals surface area (Å²) in [5, 5.41) is 0. The zero-order valence-electron chi connectivity index (χ0n) is 29.4. The van der Waals surface area contributed by atoms with E-state index in [1.165, 1.54) is 33.4 Å². The van der Waals surface area contributed by atoms with Gasteiger partial charge in [0.15, 0.2) is 0 Å². The third-order valence-corrected chi connectivity index (χ3v) is 9.03. The van der Waals surface area contributed by atoms with Crippen LogP contribution in [0.15, 0.2) is 218 Å². The van der Waals surface area contributed by atoms with Gasteiger partial charge in [-0.15, -0.1) is 0 Å². The van der Waals surface area contributed by atoms with Crippen molar-refractivity contribution in [2.24, 2.45) is 0 Å². The molecule has 0 heterocycles. The van der Waals surface area contributed by atoms with E-state index in [2.05, 4.69) is 187 Å². The van der Waals surface area contributed by atoms with Gasteiger partial charge in [-0.1, -0.05) is 182 Å². The maximum absolute atomic E-state index is 11.4. The highest BCUT2D eigenvalue weighted by molar-refractivity contribution is 5.84. The lowest BCUT2D eigenvalue weighted by molar-refractivity contribution is 0.112. The number of carbonyl (C=O) groups is 1. The number of rotatable bonds is 12. The first-order chi connectivity index (χ1) is 26.2. The summed E-state index contributed by atoms with van der Waals surface area (Å²) in [5.74, 6) is 0. The minimum Gasteiger partial charge on any atom is -0.311 e. The Kier molecular flexibility index (Phi) is 11.2. The molecular formula is C51H39NO. The van der Waals surface area contributed by atoms with Gasteiger partial charge in [0, 0.05) is 22.6 Å². The largest absolute Gasteiger partial charge is 0.311 e. The molecule has 0 aliphatic heterocycles. The summed E-state index contributed by atoms with van der Waals surface area (Å²) >= 11 is 0. The molecule has 0 aromatic heterocycles. The number of nitrogens with zero attached hydrogens (tertiary/aromatic N) is 1. The standard InChI is InChI=1S/C51H39NO/c53-39-42-31-37-49(38-32-42)52(47-33-27-40(28-34-47)15-13-25-50(43-17-5-1-6-18-43)44-19-7-2-8-20-44)48-35-29-41(30-36-48)16-14-26-51(45-21-9-3-10-22-45)46-23-11-4-12-24-46/h1-39H. The van der Waals surface area contributed by atoms with Crippen LogP contribution in [0.5, 0.6) is 0 Å². The number of allylic oxidation sites excluding steroid dienone is 4. The second-order valence-corrected chi connectivity index (χ2v) is 12.6. The lowest BCUT2D eigenvalue weighted by Gasteiger charge is -2.25. The molecule has 0 radical (unpaired) electrons. The maximum atomic E-state index is 11.4. The quantitative estimate of drug-likeness (QED) is 0.0945. The molecule has 0 aliphatic rings. The minimum absolute atomic E-state index is 0.645. The van der Waals surface area contributed by atoms with Gasteiger partial charge in [-0.25, -0.2) is 0 Å². The topological polar surface area (TPSA) is 20.3 Å². The fourth-order valence-electron chi connectivity index (χ4n) is 6.32. The number of carbonyl (C=O) groups excluding carboxylic acids is 1. The predicted octanol–water partition coefficient (Wildman–Crippen LogP) is 13.3. The highest BCUT2D eigenvalue weighted by Crippen LogP contribution is 2.35. The number of benzene rings is 7. The van der Waals surface area contributed by atoms with Crippen molar-refractivity contribution in [1.29, 1.82) is 0 Å². The second-order valence-electron chi connectivity index (χ2n) is 12.6. The van der Waals surface area contributed by atoms with Crippen LogP contribution in [-0.4, -0.2) is 6.29 Å². The molecule has 7 aromatic rings. The van der Waals surface area contributed by atoms with E-state index in [4.69, 9.17) is 0 Å². The highest BCUT2D eigenvalue weighted by Gasteiger charge is 2.13. The third-order valence-electron chi connectivity index (χ3n) is 9.03. The molecule has 2 nitrogen and oxygen atoms in total. The van der Waals surface area contributed by atoms with Gasteiger partial charge in [0.1, 0.15) is 6.29 Å². The van der Waals surface area contributed by atoms with Gasteiger partial charge in [-0.2, -0.15) is 0 Å². The van der Waals surface area contributed by atoms with Crippen LogP contribution in [0.1, 0.15) is 43.7 Å². The van der Waals surface area contributed by atoms with Crippen molar-refractivity contribution in [3.8, 4) is 0 Å². The molecular weight excluding hydrogens is 643 g/mol. The van der Waals surface area contributed by atoms with Crippen LogP contribution >= 0.6 is 0 Å². The van der Waals surface area contributed by atoms with Crippen molar-refractivity contribution in [3.63, 3.8) is 0 Å². The average molecular weight is 682 g/mol. The number of anilines is 3. The summed E-state index contributed by atoms with van der Waals surface area (Å²) in [4.78, 5) is 13.7.